The zero-order valence-corrected chi connectivity index (χ0v) is 16.1. The molecule has 1 aromatic carbocycles. The highest BCUT2D eigenvalue weighted by atomic mass is 19.4. The highest BCUT2D eigenvalue weighted by Gasteiger charge is 2.41. The SMILES string of the molecule is COc1ccc(-c2nc(C(C)C)c(/N=C(/OC(C)(C)C)C(F)(F)F)o2)cc1. The van der Waals surface area contributed by atoms with Gasteiger partial charge in [0.05, 0.1) is 7.11 Å². The number of ether oxygens (including phenoxy) is 2. The second kappa shape index (κ2) is 7.62. The molecule has 1 heterocycles. The number of nitrogens with zero attached hydrogens (tertiary/aromatic N) is 2. The molecular weight excluding hydrogens is 361 g/mol. The van der Waals surface area contributed by atoms with Gasteiger partial charge in [-0.1, -0.05) is 13.8 Å². The molecule has 27 heavy (non-hydrogen) atoms. The van der Waals surface area contributed by atoms with Gasteiger partial charge in [0.25, 0.3) is 0 Å². The summed E-state index contributed by atoms with van der Waals surface area (Å²) in [5, 5.41) is 0. The van der Waals surface area contributed by atoms with Crippen molar-refractivity contribution in [2.45, 2.75) is 52.3 Å². The van der Waals surface area contributed by atoms with E-state index in [-0.39, 0.29) is 17.7 Å². The number of aromatic nitrogens is 1. The Kier molecular flexibility index (Phi) is 5.87. The Balaban J connectivity index is 2.52. The van der Waals surface area contributed by atoms with Gasteiger partial charge in [-0.25, -0.2) is 4.98 Å². The highest BCUT2D eigenvalue weighted by Crippen LogP contribution is 2.35. The number of benzene rings is 1. The van der Waals surface area contributed by atoms with Gasteiger partial charge in [-0.3, -0.25) is 0 Å². The molecule has 0 aliphatic carbocycles. The van der Waals surface area contributed by atoms with E-state index in [2.05, 4.69) is 9.98 Å². The summed E-state index contributed by atoms with van der Waals surface area (Å²) < 4.78 is 55.7. The summed E-state index contributed by atoms with van der Waals surface area (Å²) in [6.45, 7) is 8.14. The number of rotatable bonds is 4. The molecule has 0 bridgehead atoms. The Hall–Kier alpha value is -2.51. The lowest BCUT2D eigenvalue weighted by Gasteiger charge is -2.23. The number of alkyl halides is 3. The molecule has 8 heteroatoms. The molecule has 0 radical (unpaired) electrons. The van der Waals surface area contributed by atoms with Gasteiger partial charge >= 0.3 is 12.1 Å². The normalized spacial score (nSPS) is 13.2. The van der Waals surface area contributed by atoms with E-state index in [0.717, 1.165) is 0 Å². The maximum Gasteiger partial charge on any atom is 0.468 e. The molecule has 0 saturated heterocycles. The van der Waals surface area contributed by atoms with E-state index >= 15 is 0 Å². The molecule has 0 N–H and O–H groups in total. The first-order chi connectivity index (χ1) is 12.4. The van der Waals surface area contributed by atoms with E-state index in [9.17, 15) is 13.2 Å². The monoisotopic (exact) mass is 384 g/mol. The summed E-state index contributed by atoms with van der Waals surface area (Å²) in [4.78, 5) is 7.96. The van der Waals surface area contributed by atoms with Crippen molar-refractivity contribution in [3.8, 4) is 17.2 Å². The minimum atomic E-state index is -4.76. The molecule has 0 spiro atoms. The zero-order valence-electron chi connectivity index (χ0n) is 16.1. The van der Waals surface area contributed by atoms with Crippen LogP contribution < -0.4 is 4.74 Å². The van der Waals surface area contributed by atoms with Crippen LogP contribution in [0.1, 0.15) is 46.2 Å². The van der Waals surface area contributed by atoms with Crippen molar-refractivity contribution >= 4 is 11.8 Å². The van der Waals surface area contributed by atoms with Gasteiger partial charge in [0.2, 0.25) is 11.8 Å². The minimum absolute atomic E-state index is 0.178. The summed E-state index contributed by atoms with van der Waals surface area (Å²) in [7, 11) is 1.54. The van der Waals surface area contributed by atoms with Crippen molar-refractivity contribution in [1.82, 2.24) is 4.98 Å². The lowest BCUT2D eigenvalue weighted by atomic mass is 10.1. The summed E-state index contributed by atoms with van der Waals surface area (Å²) >= 11 is 0. The van der Waals surface area contributed by atoms with Crippen LogP contribution in [0.4, 0.5) is 19.1 Å². The summed E-state index contributed by atoms with van der Waals surface area (Å²) in [5.41, 5.74) is -0.143. The summed E-state index contributed by atoms with van der Waals surface area (Å²) in [5.74, 6) is -0.951. The van der Waals surface area contributed by atoms with Crippen LogP contribution in [0.5, 0.6) is 5.75 Å². The van der Waals surface area contributed by atoms with Crippen molar-refractivity contribution in [3.63, 3.8) is 0 Å². The summed E-state index contributed by atoms with van der Waals surface area (Å²) in [6.07, 6.45) is -4.76. The van der Waals surface area contributed by atoms with Gasteiger partial charge in [0.1, 0.15) is 17.0 Å². The third kappa shape index (κ3) is 5.48. The van der Waals surface area contributed by atoms with Gasteiger partial charge in [-0.2, -0.15) is 18.2 Å². The maximum absolute atomic E-state index is 13.4. The number of halogens is 3. The van der Waals surface area contributed by atoms with Crippen LogP contribution >= 0.6 is 0 Å². The van der Waals surface area contributed by atoms with E-state index in [0.29, 0.717) is 17.0 Å². The predicted molar refractivity (Wildman–Crippen MR) is 96.6 cm³/mol. The zero-order chi connectivity index (χ0) is 20.4. The Morgan fingerprint density at radius 3 is 2.15 bits per heavy atom. The smallest absolute Gasteiger partial charge is 0.468 e. The Labute approximate surface area is 156 Å². The number of hydrogen-bond acceptors (Lipinski definition) is 5. The number of methoxy groups -OCH3 is 1. The molecule has 0 fully saturated rings. The van der Waals surface area contributed by atoms with Crippen molar-refractivity contribution in [2.75, 3.05) is 7.11 Å². The van der Waals surface area contributed by atoms with E-state index in [1.165, 1.54) is 27.9 Å². The lowest BCUT2D eigenvalue weighted by molar-refractivity contribution is -0.0896. The molecule has 2 aromatic rings. The lowest BCUT2D eigenvalue weighted by Crippen LogP contribution is -2.33. The average Bonchev–Trinajstić information content (AvgIpc) is 2.96. The topological polar surface area (TPSA) is 56.9 Å². The largest absolute Gasteiger partial charge is 0.497 e. The molecular formula is C19H23F3N2O3. The Morgan fingerprint density at radius 2 is 1.70 bits per heavy atom. The van der Waals surface area contributed by atoms with E-state index in [4.69, 9.17) is 13.9 Å². The fourth-order valence-electron chi connectivity index (χ4n) is 2.16. The predicted octanol–water partition coefficient (Wildman–Crippen LogP) is 5.88. The molecule has 0 unspecified atom stereocenters. The van der Waals surface area contributed by atoms with Gasteiger partial charge in [0.15, 0.2) is 0 Å². The molecule has 0 aliphatic rings. The van der Waals surface area contributed by atoms with Crippen LogP contribution in [0.25, 0.3) is 11.5 Å². The van der Waals surface area contributed by atoms with Crippen LogP contribution in [0, 0.1) is 0 Å². The second-order valence-electron chi connectivity index (χ2n) is 7.22. The van der Waals surface area contributed by atoms with E-state index in [1.54, 1.807) is 38.1 Å². The first-order valence-corrected chi connectivity index (χ1v) is 8.40. The Bertz CT molecular complexity index is 801. The van der Waals surface area contributed by atoms with Gasteiger partial charge in [-0.15, -0.1) is 0 Å². The van der Waals surface area contributed by atoms with Crippen LogP contribution in [0.15, 0.2) is 33.7 Å². The van der Waals surface area contributed by atoms with Crippen molar-refractivity contribution in [2.24, 2.45) is 4.99 Å². The number of oxazole rings is 1. The molecule has 5 nitrogen and oxygen atoms in total. The molecule has 0 aliphatic heterocycles. The number of hydrogen-bond donors (Lipinski definition) is 0. The third-order valence-electron chi connectivity index (χ3n) is 3.37. The molecule has 148 valence electrons. The molecule has 0 amide bonds. The van der Waals surface area contributed by atoms with Crippen molar-refractivity contribution < 1.29 is 27.1 Å². The molecule has 0 atom stereocenters. The first-order valence-electron chi connectivity index (χ1n) is 8.40. The fourth-order valence-corrected chi connectivity index (χ4v) is 2.16. The third-order valence-corrected chi connectivity index (χ3v) is 3.37. The maximum atomic E-state index is 13.4. The van der Waals surface area contributed by atoms with E-state index < -0.39 is 17.7 Å². The summed E-state index contributed by atoms with van der Waals surface area (Å²) in [6, 6.07) is 6.83. The average molecular weight is 384 g/mol. The minimum Gasteiger partial charge on any atom is -0.497 e. The van der Waals surface area contributed by atoms with Crippen molar-refractivity contribution in [1.29, 1.82) is 0 Å². The Morgan fingerprint density at radius 1 is 1.11 bits per heavy atom. The van der Waals surface area contributed by atoms with Gasteiger partial charge < -0.3 is 13.9 Å². The first kappa shape index (κ1) is 20.8. The van der Waals surface area contributed by atoms with Gasteiger partial charge in [0, 0.05) is 11.5 Å². The standard InChI is InChI=1S/C19H23F3N2O3/c1-11(2)14-16(24-17(19(20,21)22)27-18(3,4)5)26-15(23-14)12-7-9-13(25-6)10-8-12/h7-11H,1-6H3/b24-17+. The molecule has 1 aromatic heterocycles. The van der Waals surface area contributed by atoms with Crippen LogP contribution in [-0.2, 0) is 4.74 Å². The van der Waals surface area contributed by atoms with Gasteiger partial charge in [-0.05, 0) is 45.0 Å². The van der Waals surface area contributed by atoms with Crippen LogP contribution in [-0.4, -0.2) is 29.8 Å². The van der Waals surface area contributed by atoms with Crippen LogP contribution in [0.3, 0.4) is 0 Å². The molecule has 2 rings (SSSR count). The van der Waals surface area contributed by atoms with Crippen molar-refractivity contribution in [3.05, 3.63) is 30.0 Å². The molecule has 0 saturated carbocycles. The fraction of sp³-hybridized carbons (Fsp3) is 0.474. The second-order valence-corrected chi connectivity index (χ2v) is 7.22. The quantitative estimate of drug-likeness (QED) is 0.488. The highest BCUT2D eigenvalue weighted by molar-refractivity contribution is 5.84. The van der Waals surface area contributed by atoms with E-state index in [1.807, 2.05) is 0 Å². The number of aliphatic imine (C=N–C) groups is 1. The van der Waals surface area contributed by atoms with Crippen LogP contribution in [0.2, 0.25) is 0 Å².